The summed E-state index contributed by atoms with van der Waals surface area (Å²) in [5.41, 5.74) is 4.03. The van der Waals surface area contributed by atoms with Gasteiger partial charge in [0.25, 0.3) is 5.91 Å². The molecule has 0 aliphatic heterocycles. The van der Waals surface area contributed by atoms with Gasteiger partial charge in [-0.1, -0.05) is 35.0 Å². The fourth-order valence-corrected chi connectivity index (χ4v) is 2.07. The molecule has 0 aromatic heterocycles. The molecule has 0 bridgehead atoms. The molecule has 6 heteroatoms. The predicted molar refractivity (Wildman–Crippen MR) is 98.7 cm³/mol. The molecular weight excluding hydrogens is 318 g/mol. The van der Waals surface area contributed by atoms with Gasteiger partial charge >= 0.3 is 0 Å². The number of benzene rings is 2. The lowest BCUT2D eigenvalue weighted by Gasteiger charge is -2.06. The van der Waals surface area contributed by atoms with E-state index in [-0.39, 0.29) is 18.4 Å². The van der Waals surface area contributed by atoms with E-state index in [4.69, 9.17) is 4.84 Å². The normalized spacial score (nSPS) is 10.9. The third kappa shape index (κ3) is 6.10. The van der Waals surface area contributed by atoms with Crippen molar-refractivity contribution in [2.75, 3.05) is 17.2 Å². The Bertz CT molecular complexity index is 766. The lowest BCUT2D eigenvalue weighted by molar-refractivity contribution is -0.120. The summed E-state index contributed by atoms with van der Waals surface area (Å²) in [5, 5.41) is 9.38. The van der Waals surface area contributed by atoms with Crippen LogP contribution in [-0.4, -0.2) is 24.1 Å². The van der Waals surface area contributed by atoms with Crippen molar-refractivity contribution in [3.63, 3.8) is 0 Å². The number of carbonyl (C=O) groups is 2. The maximum absolute atomic E-state index is 11.8. The van der Waals surface area contributed by atoms with Crippen LogP contribution in [0.3, 0.4) is 0 Å². The van der Waals surface area contributed by atoms with E-state index in [1.165, 1.54) is 6.92 Å². The summed E-state index contributed by atoms with van der Waals surface area (Å²) in [4.78, 5) is 27.9. The van der Waals surface area contributed by atoms with E-state index in [2.05, 4.69) is 15.8 Å². The maximum atomic E-state index is 11.8. The minimum absolute atomic E-state index is 0.124. The molecule has 0 heterocycles. The SMILES string of the molecule is CC(=O)Nc1ccc(/C(C)=N/OCC(=O)Nc2ccc(C)cc2)cc1. The van der Waals surface area contributed by atoms with Crippen molar-refractivity contribution in [2.45, 2.75) is 20.8 Å². The molecule has 6 nitrogen and oxygen atoms in total. The molecule has 0 radical (unpaired) electrons. The Balaban J connectivity index is 1.84. The van der Waals surface area contributed by atoms with Crippen molar-refractivity contribution in [3.05, 3.63) is 59.7 Å². The van der Waals surface area contributed by atoms with Crippen LogP contribution in [0.5, 0.6) is 0 Å². The molecule has 0 saturated carbocycles. The van der Waals surface area contributed by atoms with E-state index in [9.17, 15) is 9.59 Å². The fourth-order valence-electron chi connectivity index (χ4n) is 2.07. The molecular formula is C19H21N3O3. The quantitative estimate of drug-likeness (QED) is 0.626. The van der Waals surface area contributed by atoms with Gasteiger partial charge in [0.1, 0.15) is 0 Å². The molecule has 0 atom stereocenters. The Morgan fingerprint density at radius 1 is 0.920 bits per heavy atom. The number of aryl methyl sites for hydroxylation is 1. The van der Waals surface area contributed by atoms with Gasteiger partial charge in [0, 0.05) is 18.3 Å². The van der Waals surface area contributed by atoms with Crippen LogP contribution in [0.15, 0.2) is 53.7 Å². The second-order valence-corrected chi connectivity index (χ2v) is 5.62. The van der Waals surface area contributed by atoms with Crippen LogP contribution in [0.1, 0.15) is 25.0 Å². The van der Waals surface area contributed by atoms with Crippen molar-refractivity contribution in [2.24, 2.45) is 5.16 Å². The van der Waals surface area contributed by atoms with E-state index in [1.54, 1.807) is 19.1 Å². The third-order valence-electron chi connectivity index (χ3n) is 3.36. The van der Waals surface area contributed by atoms with E-state index in [0.717, 1.165) is 11.1 Å². The van der Waals surface area contributed by atoms with Crippen molar-refractivity contribution in [1.82, 2.24) is 0 Å². The van der Waals surface area contributed by atoms with Crippen LogP contribution < -0.4 is 10.6 Å². The Morgan fingerprint density at radius 2 is 1.48 bits per heavy atom. The van der Waals surface area contributed by atoms with Gasteiger partial charge in [0.15, 0.2) is 6.61 Å². The number of hydrogen-bond acceptors (Lipinski definition) is 4. The number of oxime groups is 1. The number of hydrogen-bond donors (Lipinski definition) is 2. The largest absolute Gasteiger partial charge is 0.385 e. The lowest BCUT2D eigenvalue weighted by atomic mass is 10.1. The summed E-state index contributed by atoms with van der Waals surface area (Å²) in [6.07, 6.45) is 0. The Labute approximate surface area is 146 Å². The molecule has 25 heavy (non-hydrogen) atoms. The zero-order valence-corrected chi connectivity index (χ0v) is 14.5. The molecule has 0 fully saturated rings. The van der Waals surface area contributed by atoms with E-state index >= 15 is 0 Å². The first-order valence-electron chi connectivity index (χ1n) is 7.85. The van der Waals surface area contributed by atoms with Gasteiger partial charge in [-0.05, 0) is 43.7 Å². The molecule has 2 rings (SSSR count). The first kappa shape index (κ1) is 18.2. The average Bonchev–Trinajstić information content (AvgIpc) is 2.57. The number of carbonyl (C=O) groups excluding carboxylic acids is 2. The summed E-state index contributed by atoms with van der Waals surface area (Å²) in [5.74, 6) is -0.400. The summed E-state index contributed by atoms with van der Waals surface area (Å²) >= 11 is 0. The zero-order chi connectivity index (χ0) is 18.2. The highest BCUT2D eigenvalue weighted by Crippen LogP contribution is 2.11. The molecule has 2 aromatic carbocycles. The molecule has 0 unspecified atom stereocenters. The summed E-state index contributed by atoms with van der Waals surface area (Å²) in [6, 6.07) is 14.7. The number of rotatable bonds is 6. The predicted octanol–water partition coefficient (Wildman–Crippen LogP) is 3.33. The molecule has 130 valence electrons. The second kappa shape index (κ2) is 8.63. The van der Waals surface area contributed by atoms with Crippen LogP contribution in [0.2, 0.25) is 0 Å². The van der Waals surface area contributed by atoms with Gasteiger partial charge in [-0.3, -0.25) is 9.59 Å². The highest BCUT2D eigenvalue weighted by molar-refractivity contribution is 5.99. The first-order valence-corrected chi connectivity index (χ1v) is 7.85. The molecule has 0 spiro atoms. The molecule has 0 saturated heterocycles. The Kier molecular flexibility index (Phi) is 6.28. The molecule has 2 N–H and O–H groups in total. The number of nitrogens with zero attached hydrogens (tertiary/aromatic N) is 1. The minimum Gasteiger partial charge on any atom is -0.385 e. The molecule has 2 aromatic rings. The monoisotopic (exact) mass is 339 g/mol. The van der Waals surface area contributed by atoms with Crippen LogP contribution in [0.25, 0.3) is 0 Å². The average molecular weight is 339 g/mol. The topological polar surface area (TPSA) is 79.8 Å². The summed E-state index contributed by atoms with van der Waals surface area (Å²) in [6.45, 7) is 5.05. The van der Waals surface area contributed by atoms with E-state index in [0.29, 0.717) is 17.1 Å². The van der Waals surface area contributed by atoms with E-state index in [1.807, 2.05) is 43.3 Å². The smallest absolute Gasteiger partial charge is 0.265 e. The van der Waals surface area contributed by atoms with Gasteiger partial charge in [-0.15, -0.1) is 0 Å². The fraction of sp³-hybridized carbons (Fsp3) is 0.211. The molecule has 0 aliphatic carbocycles. The third-order valence-corrected chi connectivity index (χ3v) is 3.36. The highest BCUT2D eigenvalue weighted by atomic mass is 16.6. The maximum Gasteiger partial charge on any atom is 0.265 e. The van der Waals surface area contributed by atoms with Crippen LogP contribution in [-0.2, 0) is 14.4 Å². The number of anilines is 2. The van der Waals surface area contributed by atoms with E-state index < -0.39 is 0 Å². The van der Waals surface area contributed by atoms with Crippen LogP contribution in [0.4, 0.5) is 11.4 Å². The van der Waals surface area contributed by atoms with Gasteiger partial charge in [-0.25, -0.2) is 0 Å². The first-order chi connectivity index (χ1) is 11.9. The van der Waals surface area contributed by atoms with Crippen molar-refractivity contribution in [1.29, 1.82) is 0 Å². The number of nitrogens with one attached hydrogen (secondary N) is 2. The summed E-state index contributed by atoms with van der Waals surface area (Å²) < 4.78 is 0. The highest BCUT2D eigenvalue weighted by Gasteiger charge is 2.04. The summed E-state index contributed by atoms with van der Waals surface area (Å²) in [7, 11) is 0. The van der Waals surface area contributed by atoms with Crippen LogP contribution >= 0.6 is 0 Å². The molecule has 2 amide bonds. The lowest BCUT2D eigenvalue weighted by Crippen LogP contribution is -2.17. The standard InChI is InChI=1S/C19H21N3O3/c1-13-4-8-18(9-5-13)21-19(24)12-25-22-14(2)16-6-10-17(11-7-16)20-15(3)23/h4-11H,12H2,1-3H3,(H,20,23)(H,21,24)/b22-14+. The van der Waals surface area contributed by atoms with Gasteiger partial charge in [0.05, 0.1) is 5.71 Å². The molecule has 0 aliphatic rings. The second-order valence-electron chi connectivity index (χ2n) is 5.62. The van der Waals surface area contributed by atoms with Crippen molar-refractivity contribution < 1.29 is 14.4 Å². The Hall–Kier alpha value is -3.15. The van der Waals surface area contributed by atoms with Crippen molar-refractivity contribution in [3.8, 4) is 0 Å². The van der Waals surface area contributed by atoms with Gasteiger partial charge in [-0.2, -0.15) is 0 Å². The number of amides is 2. The zero-order valence-electron chi connectivity index (χ0n) is 14.5. The Morgan fingerprint density at radius 3 is 2.08 bits per heavy atom. The van der Waals surface area contributed by atoms with Crippen LogP contribution in [0, 0.1) is 6.92 Å². The van der Waals surface area contributed by atoms with Gasteiger partial charge in [0.2, 0.25) is 5.91 Å². The minimum atomic E-state index is -0.276. The van der Waals surface area contributed by atoms with Crippen molar-refractivity contribution >= 4 is 28.9 Å². The van der Waals surface area contributed by atoms with Gasteiger partial charge < -0.3 is 15.5 Å².